The SMILES string of the molecule is O=[N+]([O-])c1ccc(/C=C/c2ccc(N[N+](=O)c3ccc(N=Nc4ccc(S(=O)(=O)[O-])cc4)cc3)cc2S(=O)(=O)[O-])c(S(=O)(=O)[O-])c1.[Li+].[Li+].[Li+]. The average molecular weight is 708 g/mol. The van der Waals surface area contributed by atoms with Crippen LogP contribution in [0.4, 0.5) is 28.4 Å². The summed E-state index contributed by atoms with van der Waals surface area (Å²) in [4.78, 5) is 20.8. The molecule has 4 rings (SSSR count). The minimum atomic E-state index is -5.18. The van der Waals surface area contributed by atoms with Gasteiger partial charge in [0.1, 0.15) is 36.0 Å². The zero-order valence-electron chi connectivity index (χ0n) is 25.7. The fourth-order valence-corrected chi connectivity index (χ4v) is 5.62. The number of benzene rings is 4. The van der Waals surface area contributed by atoms with Crippen LogP contribution >= 0.6 is 0 Å². The quantitative estimate of drug-likeness (QED) is 0.0292. The molecule has 0 amide bonds. The summed E-state index contributed by atoms with van der Waals surface area (Å²) in [5.74, 6) is 0. The van der Waals surface area contributed by atoms with Crippen LogP contribution in [0.2, 0.25) is 0 Å². The van der Waals surface area contributed by atoms with E-state index in [-0.39, 0.29) is 95.3 Å². The molecule has 17 nitrogen and oxygen atoms in total. The minimum absolute atomic E-state index is 0. The van der Waals surface area contributed by atoms with Gasteiger partial charge in [-0.1, -0.05) is 18.2 Å². The molecule has 0 bridgehead atoms. The molecule has 0 spiro atoms. The zero-order valence-corrected chi connectivity index (χ0v) is 28.1. The van der Waals surface area contributed by atoms with Crippen LogP contribution in [0.5, 0.6) is 0 Å². The summed E-state index contributed by atoms with van der Waals surface area (Å²) >= 11 is 0. The van der Waals surface area contributed by atoms with Crippen LogP contribution in [-0.4, -0.2) is 48.7 Å². The number of nitro groups is 1. The van der Waals surface area contributed by atoms with Gasteiger partial charge >= 0.3 is 56.6 Å². The Morgan fingerprint density at radius 1 is 0.571 bits per heavy atom. The molecule has 238 valence electrons. The van der Waals surface area contributed by atoms with E-state index in [1.165, 1.54) is 42.5 Å². The number of nitrogens with zero attached hydrogens (tertiary/aromatic N) is 4. The van der Waals surface area contributed by atoms with Gasteiger partial charge in [0.05, 0.1) is 35.9 Å². The topological polar surface area (TPSA) is 272 Å². The van der Waals surface area contributed by atoms with E-state index in [9.17, 15) is 53.9 Å². The van der Waals surface area contributed by atoms with Crippen molar-refractivity contribution in [1.29, 1.82) is 0 Å². The number of nitro benzene ring substituents is 1. The molecule has 23 heteroatoms. The standard InChI is InChI=1S/C26H19N5O12S3.3Li/c32-30(22-11-6-19(7-12-22)27-28-20-8-13-24(14-9-20)44(35,36)37)29-21-5-3-17(25(15-21)45(38,39)40)1-2-18-4-10-23(31(33)34)16-26(18)46(41,42)43;;;/h1-16H,(H3-,29,32,35,36,37,38,39,40,41,42,43);;;/q;3*+1/p-2/b2-1+,28-27?;;;. The summed E-state index contributed by atoms with van der Waals surface area (Å²) in [6, 6.07) is 15.8. The maximum absolute atomic E-state index is 12.7. The Morgan fingerprint density at radius 3 is 1.45 bits per heavy atom. The fourth-order valence-electron chi connectivity index (χ4n) is 3.76. The fraction of sp³-hybridized carbons (Fsp3) is 0. The Kier molecular flexibility index (Phi) is 15.5. The molecule has 0 saturated carbocycles. The first-order valence-electron chi connectivity index (χ1n) is 12.3. The van der Waals surface area contributed by atoms with E-state index in [1.807, 2.05) is 0 Å². The van der Waals surface area contributed by atoms with E-state index in [2.05, 4.69) is 15.7 Å². The van der Waals surface area contributed by atoms with E-state index >= 15 is 0 Å². The van der Waals surface area contributed by atoms with Gasteiger partial charge < -0.3 is 13.7 Å². The van der Waals surface area contributed by atoms with Crippen LogP contribution in [0, 0.1) is 15.0 Å². The number of hydrazine groups is 1. The van der Waals surface area contributed by atoms with Crippen molar-refractivity contribution in [3.05, 3.63) is 111 Å². The number of nitroso groups, excluding NO2 is 1. The number of azo groups is 1. The Bertz CT molecular complexity index is 2250. The predicted molar refractivity (Wildman–Crippen MR) is 156 cm³/mol. The number of anilines is 1. The van der Waals surface area contributed by atoms with Crippen LogP contribution in [-0.2, 0) is 30.4 Å². The van der Waals surface area contributed by atoms with Crippen molar-refractivity contribution < 1.29 is 105 Å². The van der Waals surface area contributed by atoms with Crippen molar-refractivity contribution in [2.75, 3.05) is 5.43 Å². The van der Waals surface area contributed by atoms with E-state index < -0.39 is 55.7 Å². The molecule has 1 N–H and O–H groups in total. The van der Waals surface area contributed by atoms with Gasteiger partial charge in [-0.25, -0.2) is 25.3 Å². The number of non-ortho nitro benzene ring substituents is 1. The molecule has 0 aliphatic rings. The maximum Gasteiger partial charge on any atom is 1.00 e. The Hall–Kier alpha value is -3.46. The molecule has 0 aliphatic carbocycles. The second-order valence-electron chi connectivity index (χ2n) is 9.04. The summed E-state index contributed by atoms with van der Waals surface area (Å²) in [7, 11) is -15.0. The number of hydrogen-bond acceptors (Lipinski definition) is 14. The monoisotopic (exact) mass is 708 g/mol. The Labute approximate surface area is 315 Å². The normalized spacial score (nSPS) is 11.7. The van der Waals surface area contributed by atoms with Gasteiger partial charge in [-0.05, 0) is 65.7 Å². The molecule has 0 radical (unpaired) electrons. The molecule has 0 fully saturated rings. The van der Waals surface area contributed by atoms with Crippen LogP contribution < -0.4 is 62.0 Å². The van der Waals surface area contributed by atoms with Gasteiger partial charge in [-0.15, -0.1) is 5.43 Å². The molecule has 4 aromatic carbocycles. The van der Waals surface area contributed by atoms with Gasteiger partial charge in [0.25, 0.3) is 11.4 Å². The second kappa shape index (κ2) is 17.5. The first-order valence-corrected chi connectivity index (χ1v) is 16.5. The van der Waals surface area contributed by atoms with Crippen molar-refractivity contribution in [2.24, 2.45) is 10.2 Å². The van der Waals surface area contributed by atoms with Gasteiger partial charge in [-0.2, -0.15) is 10.2 Å². The van der Waals surface area contributed by atoms with Crippen molar-refractivity contribution in [3.63, 3.8) is 0 Å². The van der Waals surface area contributed by atoms with Crippen LogP contribution in [0.3, 0.4) is 0 Å². The van der Waals surface area contributed by atoms with E-state index in [1.54, 1.807) is 0 Å². The number of hydrogen-bond donors (Lipinski definition) is 1. The summed E-state index contributed by atoms with van der Waals surface area (Å²) < 4.78 is 104. The molecular weight excluding hydrogens is 691 g/mol. The second-order valence-corrected chi connectivity index (χ2v) is 13.1. The van der Waals surface area contributed by atoms with Crippen molar-refractivity contribution >= 4 is 70.9 Å². The summed E-state index contributed by atoms with van der Waals surface area (Å²) in [5, 5.41) is 18.8. The maximum atomic E-state index is 12.7. The predicted octanol–water partition coefficient (Wildman–Crippen LogP) is -4.66. The van der Waals surface area contributed by atoms with Crippen molar-refractivity contribution in [1.82, 2.24) is 0 Å². The molecule has 0 heterocycles. The largest absolute Gasteiger partial charge is 1.00 e. The number of rotatable bonds is 11. The van der Waals surface area contributed by atoms with Crippen LogP contribution in [0.1, 0.15) is 11.1 Å². The van der Waals surface area contributed by atoms with Gasteiger partial charge in [0.15, 0.2) is 4.87 Å². The summed E-state index contributed by atoms with van der Waals surface area (Å²) in [6.45, 7) is 0. The Morgan fingerprint density at radius 2 is 1.00 bits per heavy atom. The molecule has 0 atom stereocenters. The molecule has 0 unspecified atom stereocenters. The third-order valence-electron chi connectivity index (χ3n) is 5.92. The molecular formula is C26H17Li3N5O12S3+. The summed E-state index contributed by atoms with van der Waals surface area (Å²) in [5.41, 5.74) is 1.54. The van der Waals surface area contributed by atoms with Crippen molar-refractivity contribution in [3.8, 4) is 0 Å². The van der Waals surface area contributed by atoms with Crippen LogP contribution in [0.15, 0.2) is 110 Å². The van der Waals surface area contributed by atoms with E-state index in [4.69, 9.17) is 0 Å². The van der Waals surface area contributed by atoms with Crippen molar-refractivity contribution in [2.45, 2.75) is 14.7 Å². The first kappa shape index (κ1) is 43.6. The third-order valence-corrected chi connectivity index (χ3v) is 8.56. The molecule has 4 aromatic rings. The molecule has 0 aliphatic heterocycles. The van der Waals surface area contributed by atoms with E-state index in [0.29, 0.717) is 6.07 Å². The number of nitrogens with one attached hydrogen (secondary N) is 1. The zero-order chi connectivity index (χ0) is 33.9. The first-order chi connectivity index (χ1) is 21.4. The molecule has 0 saturated heterocycles. The van der Waals surface area contributed by atoms with Crippen LogP contribution in [0.25, 0.3) is 12.2 Å². The van der Waals surface area contributed by atoms with Gasteiger partial charge in [0.2, 0.25) is 0 Å². The van der Waals surface area contributed by atoms with E-state index in [0.717, 1.165) is 48.6 Å². The third kappa shape index (κ3) is 11.8. The minimum Gasteiger partial charge on any atom is -0.744 e. The summed E-state index contributed by atoms with van der Waals surface area (Å²) in [6.07, 6.45) is 1.99. The molecule has 49 heavy (non-hydrogen) atoms. The Balaban J connectivity index is 0.00000400. The average Bonchev–Trinajstić information content (AvgIpc) is 2.98. The van der Waals surface area contributed by atoms with Gasteiger partial charge in [-0.3, -0.25) is 10.1 Å². The molecule has 0 aromatic heterocycles. The van der Waals surface area contributed by atoms with Gasteiger partial charge in [0, 0.05) is 24.3 Å². The smallest absolute Gasteiger partial charge is 0.744 e.